The standard InChI is InChI=1S/C27H38ClN3O5/c1-26(2,3)22(30-25(35)36-27(4,5)6)24(34)31-15-20(32)13-21(31)23(33)29-14-16-7-8-18-12-19(28)10-9-17(18)11-16/h7-12,20-22,24,32,34H,13-15H2,1-6H3,(H,29,33)(H,30,35)/t20-,21+,22-,24+/m1/s1. The van der Waals surface area contributed by atoms with Gasteiger partial charge in [-0.2, -0.15) is 0 Å². The van der Waals surface area contributed by atoms with Crippen LogP contribution in [0.3, 0.4) is 0 Å². The molecule has 0 aromatic heterocycles. The van der Waals surface area contributed by atoms with Gasteiger partial charge in [0, 0.05) is 18.1 Å². The molecule has 0 saturated carbocycles. The molecular formula is C27H38ClN3O5. The molecule has 2 amide bonds. The Hall–Kier alpha value is -2.39. The van der Waals surface area contributed by atoms with Crippen molar-refractivity contribution in [3.8, 4) is 0 Å². The smallest absolute Gasteiger partial charge is 0.408 e. The lowest BCUT2D eigenvalue weighted by atomic mass is 9.85. The van der Waals surface area contributed by atoms with Crippen LogP contribution < -0.4 is 10.6 Å². The van der Waals surface area contributed by atoms with Crippen LogP contribution in [0.2, 0.25) is 5.02 Å². The van der Waals surface area contributed by atoms with E-state index in [1.54, 1.807) is 25.7 Å². The van der Waals surface area contributed by atoms with E-state index in [2.05, 4.69) is 10.6 Å². The third kappa shape index (κ3) is 7.32. The van der Waals surface area contributed by atoms with Crippen molar-refractivity contribution in [2.45, 2.75) is 84.5 Å². The lowest BCUT2D eigenvalue weighted by molar-refractivity contribution is -0.132. The number of hydrogen-bond acceptors (Lipinski definition) is 6. The van der Waals surface area contributed by atoms with Gasteiger partial charge >= 0.3 is 6.09 Å². The van der Waals surface area contributed by atoms with E-state index in [1.807, 2.05) is 57.2 Å². The van der Waals surface area contributed by atoms with Crippen LogP contribution in [-0.2, 0) is 16.1 Å². The van der Waals surface area contributed by atoms with Gasteiger partial charge in [-0.3, -0.25) is 9.69 Å². The Morgan fingerprint density at radius 1 is 1.11 bits per heavy atom. The van der Waals surface area contributed by atoms with E-state index < -0.39 is 41.5 Å². The zero-order valence-corrected chi connectivity index (χ0v) is 22.6. The van der Waals surface area contributed by atoms with E-state index in [4.69, 9.17) is 16.3 Å². The molecule has 4 N–H and O–H groups in total. The summed E-state index contributed by atoms with van der Waals surface area (Å²) in [5.41, 5.74) is -0.333. The molecule has 1 saturated heterocycles. The molecule has 0 bridgehead atoms. The highest BCUT2D eigenvalue weighted by Gasteiger charge is 2.45. The fraction of sp³-hybridized carbons (Fsp3) is 0.556. The highest BCUT2D eigenvalue weighted by Crippen LogP contribution is 2.29. The van der Waals surface area contributed by atoms with Crippen molar-refractivity contribution >= 4 is 34.4 Å². The van der Waals surface area contributed by atoms with Crippen LogP contribution in [0.25, 0.3) is 10.8 Å². The van der Waals surface area contributed by atoms with Crippen LogP contribution in [0, 0.1) is 5.41 Å². The second-order valence-corrected chi connectivity index (χ2v) is 12.0. The summed E-state index contributed by atoms with van der Waals surface area (Å²) >= 11 is 6.06. The number of hydrogen-bond donors (Lipinski definition) is 4. The number of ether oxygens (including phenoxy) is 1. The molecule has 1 fully saturated rings. The Balaban J connectivity index is 1.71. The van der Waals surface area contributed by atoms with Gasteiger partial charge < -0.3 is 25.6 Å². The number of nitrogens with zero attached hydrogens (tertiary/aromatic N) is 1. The number of carbonyl (C=O) groups excluding carboxylic acids is 2. The van der Waals surface area contributed by atoms with Gasteiger partial charge in [0.2, 0.25) is 5.91 Å². The van der Waals surface area contributed by atoms with Gasteiger partial charge in [0.05, 0.1) is 18.2 Å². The van der Waals surface area contributed by atoms with Crippen molar-refractivity contribution in [3.05, 3.63) is 47.0 Å². The summed E-state index contributed by atoms with van der Waals surface area (Å²) in [4.78, 5) is 27.2. The fourth-order valence-corrected chi connectivity index (χ4v) is 4.62. The molecule has 1 heterocycles. The number of β-amino-alcohol motifs (C(OH)–C–C–N with tert-alkyl or cyclic N) is 1. The molecule has 2 aromatic rings. The quantitative estimate of drug-likeness (QED) is 0.462. The number of likely N-dealkylation sites (tertiary alicyclic amines) is 1. The molecule has 1 aliphatic heterocycles. The van der Waals surface area contributed by atoms with Crippen LogP contribution in [0.4, 0.5) is 4.79 Å². The van der Waals surface area contributed by atoms with E-state index in [0.29, 0.717) is 11.6 Å². The van der Waals surface area contributed by atoms with Crippen molar-refractivity contribution in [1.82, 2.24) is 15.5 Å². The second-order valence-electron chi connectivity index (χ2n) is 11.5. The molecule has 2 aromatic carbocycles. The molecule has 9 heteroatoms. The zero-order chi connectivity index (χ0) is 26.8. The van der Waals surface area contributed by atoms with E-state index in [1.165, 1.54) is 0 Å². The molecular weight excluding hydrogens is 482 g/mol. The Labute approximate surface area is 217 Å². The summed E-state index contributed by atoms with van der Waals surface area (Å²) in [7, 11) is 0. The normalized spacial score (nSPS) is 20.7. The predicted molar refractivity (Wildman–Crippen MR) is 141 cm³/mol. The van der Waals surface area contributed by atoms with Gasteiger partial charge in [-0.1, -0.05) is 50.6 Å². The minimum Gasteiger partial charge on any atom is -0.444 e. The number of fused-ring (bicyclic) bond motifs is 1. The third-order valence-electron chi connectivity index (χ3n) is 6.20. The van der Waals surface area contributed by atoms with E-state index in [9.17, 15) is 19.8 Å². The molecule has 36 heavy (non-hydrogen) atoms. The number of aliphatic hydroxyl groups excluding tert-OH is 2. The van der Waals surface area contributed by atoms with Crippen molar-refractivity contribution in [2.24, 2.45) is 5.41 Å². The molecule has 1 aliphatic rings. The lowest BCUT2D eigenvalue weighted by Gasteiger charge is -2.40. The van der Waals surface area contributed by atoms with Crippen molar-refractivity contribution < 1.29 is 24.5 Å². The summed E-state index contributed by atoms with van der Waals surface area (Å²) in [6, 6.07) is 10.0. The van der Waals surface area contributed by atoms with Gasteiger partial charge in [0.25, 0.3) is 0 Å². The van der Waals surface area contributed by atoms with Gasteiger partial charge in [-0.05, 0) is 67.1 Å². The molecule has 0 aliphatic carbocycles. The summed E-state index contributed by atoms with van der Waals surface area (Å²) in [5.74, 6) is -0.299. The average molecular weight is 520 g/mol. The summed E-state index contributed by atoms with van der Waals surface area (Å²) in [6.07, 6.45) is -2.46. The van der Waals surface area contributed by atoms with E-state index in [-0.39, 0.29) is 18.9 Å². The largest absolute Gasteiger partial charge is 0.444 e. The Morgan fingerprint density at radius 3 is 2.39 bits per heavy atom. The molecule has 8 nitrogen and oxygen atoms in total. The Bertz CT molecular complexity index is 1090. The SMILES string of the molecule is CC(C)(C)OC(=O)N[C@H]([C@H](O)N1C[C@H](O)C[C@H]1C(=O)NCc1ccc2cc(Cl)ccc2c1)C(C)(C)C. The van der Waals surface area contributed by atoms with Crippen molar-refractivity contribution in [3.63, 3.8) is 0 Å². The number of aliphatic hydroxyl groups is 2. The van der Waals surface area contributed by atoms with Crippen molar-refractivity contribution in [2.75, 3.05) is 6.54 Å². The van der Waals surface area contributed by atoms with Gasteiger partial charge in [-0.25, -0.2) is 4.79 Å². The number of benzene rings is 2. The number of carbonyl (C=O) groups is 2. The second kappa shape index (κ2) is 10.9. The first-order valence-electron chi connectivity index (χ1n) is 12.2. The van der Waals surface area contributed by atoms with Gasteiger partial charge in [-0.15, -0.1) is 0 Å². The van der Waals surface area contributed by atoms with E-state index in [0.717, 1.165) is 16.3 Å². The maximum absolute atomic E-state index is 13.2. The average Bonchev–Trinajstić information content (AvgIpc) is 3.15. The van der Waals surface area contributed by atoms with Crippen LogP contribution in [-0.4, -0.2) is 63.7 Å². The number of alkyl carbamates (subject to hydrolysis) is 1. The van der Waals surface area contributed by atoms with Gasteiger partial charge in [0.1, 0.15) is 11.8 Å². The maximum Gasteiger partial charge on any atom is 0.408 e. The summed E-state index contributed by atoms with van der Waals surface area (Å²) < 4.78 is 5.38. The number of rotatable bonds is 6. The molecule has 198 valence electrons. The predicted octanol–water partition coefficient (Wildman–Crippen LogP) is 3.80. The number of halogens is 1. The zero-order valence-electron chi connectivity index (χ0n) is 21.8. The Morgan fingerprint density at radius 2 is 1.75 bits per heavy atom. The maximum atomic E-state index is 13.2. The fourth-order valence-electron chi connectivity index (χ4n) is 4.44. The minimum absolute atomic E-state index is 0.110. The number of amides is 2. The lowest BCUT2D eigenvalue weighted by Crippen LogP contribution is -2.60. The van der Waals surface area contributed by atoms with Crippen LogP contribution in [0.5, 0.6) is 0 Å². The van der Waals surface area contributed by atoms with E-state index >= 15 is 0 Å². The number of nitrogens with one attached hydrogen (secondary N) is 2. The molecule has 4 atom stereocenters. The highest BCUT2D eigenvalue weighted by molar-refractivity contribution is 6.31. The first-order valence-corrected chi connectivity index (χ1v) is 12.6. The van der Waals surface area contributed by atoms with Crippen LogP contribution in [0.15, 0.2) is 36.4 Å². The minimum atomic E-state index is -1.21. The topological polar surface area (TPSA) is 111 Å². The summed E-state index contributed by atoms with van der Waals surface area (Å²) in [6.45, 7) is 11.3. The highest BCUT2D eigenvalue weighted by atomic mass is 35.5. The van der Waals surface area contributed by atoms with Crippen molar-refractivity contribution in [1.29, 1.82) is 0 Å². The van der Waals surface area contributed by atoms with Crippen LogP contribution >= 0.6 is 11.6 Å². The first-order chi connectivity index (χ1) is 16.6. The van der Waals surface area contributed by atoms with Gasteiger partial charge in [0.15, 0.2) is 0 Å². The summed E-state index contributed by atoms with van der Waals surface area (Å²) in [5, 5.41) is 30.1. The Kier molecular flexibility index (Phi) is 8.55. The monoisotopic (exact) mass is 519 g/mol. The molecule has 0 spiro atoms. The first kappa shape index (κ1) is 28.2. The van der Waals surface area contributed by atoms with Crippen LogP contribution in [0.1, 0.15) is 53.5 Å². The molecule has 0 unspecified atom stereocenters. The molecule has 0 radical (unpaired) electrons. The third-order valence-corrected chi connectivity index (χ3v) is 6.43. The molecule has 3 rings (SSSR count).